The van der Waals surface area contributed by atoms with Crippen LogP contribution in [0.4, 0.5) is 10.2 Å². The van der Waals surface area contributed by atoms with E-state index in [4.69, 9.17) is 5.73 Å². The molecule has 3 nitrogen and oxygen atoms in total. The Kier molecular flexibility index (Phi) is 3.89. The van der Waals surface area contributed by atoms with E-state index >= 15 is 0 Å². The Morgan fingerprint density at radius 2 is 1.89 bits per heavy atom. The van der Waals surface area contributed by atoms with E-state index in [1.165, 1.54) is 12.1 Å². The van der Waals surface area contributed by atoms with Gasteiger partial charge in [0.05, 0.1) is 0 Å². The number of aromatic nitrogens is 1. The molecule has 0 spiro atoms. The van der Waals surface area contributed by atoms with Gasteiger partial charge in [-0.25, -0.2) is 9.37 Å². The van der Waals surface area contributed by atoms with Crippen LogP contribution in [0, 0.1) is 5.82 Å². The van der Waals surface area contributed by atoms with Crippen molar-refractivity contribution in [1.82, 2.24) is 9.88 Å². The van der Waals surface area contributed by atoms with Crippen molar-refractivity contribution >= 4 is 5.82 Å². The fraction of sp³-hybridized carbons (Fsp3) is 0.214. The summed E-state index contributed by atoms with van der Waals surface area (Å²) >= 11 is 0. The van der Waals surface area contributed by atoms with Gasteiger partial charge in [-0.3, -0.25) is 4.90 Å². The highest BCUT2D eigenvalue weighted by molar-refractivity contribution is 5.38. The molecule has 1 aromatic heterocycles. The Labute approximate surface area is 106 Å². The normalized spacial score (nSPS) is 10.8. The first-order chi connectivity index (χ1) is 8.65. The Morgan fingerprint density at radius 1 is 1.17 bits per heavy atom. The van der Waals surface area contributed by atoms with Gasteiger partial charge in [0.15, 0.2) is 0 Å². The molecule has 0 aliphatic heterocycles. The van der Waals surface area contributed by atoms with Gasteiger partial charge in [-0.2, -0.15) is 0 Å². The van der Waals surface area contributed by atoms with Crippen LogP contribution in [0.2, 0.25) is 0 Å². The van der Waals surface area contributed by atoms with E-state index in [-0.39, 0.29) is 5.82 Å². The number of rotatable bonds is 4. The first-order valence-corrected chi connectivity index (χ1v) is 5.77. The molecular formula is C14H16FN3. The molecule has 0 amide bonds. The van der Waals surface area contributed by atoms with Crippen LogP contribution in [0.1, 0.15) is 11.1 Å². The molecule has 4 heteroatoms. The van der Waals surface area contributed by atoms with E-state index in [0.717, 1.165) is 24.2 Å². The molecule has 0 radical (unpaired) electrons. The van der Waals surface area contributed by atoms with E-state index in [1.54, 1.807) is 18.3 Å². The van der Waals surface area contributed by atoms with Gasteiger partial charge < -0.3 is 5.73 Å². The zero-order valence-corrected chi connectivity index (χ0v) is 10.3. The maximum Gasteiger partial charge on any atom is 0.127 e. The predicted octanol–water partition coefficient (Wildman–Crippen LogP) is 2.43. The molecule has 18 heavy (non-hydrogen) atoms. The van der Waals surface area contributed by atoms with Gasteiger partial charge >= 0.3 is 0 Å². The molecule has 0 saturated heterocycles. The number of nitrogens with zero attached hydrogens (tertiary/aromatic N) is 2. The second-order valence-corrected chi connectivity index (χ2v) is 4.35. The van der Waals surface area contributed by atoms with E-state index in [0.29, 0.717) is 5.82 Å². The van der Waals surface area contributed by atoms with Crippen LogP contribution in [0.3, 0.4) is 0 Å². The molecule has 0 aliphatic rings. The standard InChI is InChI=1S/C14H16FN3/c1-18(9-11-4-6-13(15)7-5-11)10-12-3-2-8-17-14(12)16/h2-8H,9-10H2,1H3,(H2,16,17). The molecule has 1 heterocycles. The van der Waals surface area contributed by atoms with Gasteiger partial charge in [-0.05, 0) is 30.8 Å². The maximum atomic E-state index is 12.8. The van der Waals surface area contributed by atoms with Crippen molar-refractivity contribution in [3.63, 3.8) is 0 Å². The lowest BCUT2D eigenvalue weighted by Crippen LogP contribution is -2.18. The average molecular weight is 245 g/mol. The van der Waals surface area contributed by atoms with Crippen LogP contribution in [0.5, 0.6) is 0 Å². The van der Waals surface area contributed by atoms with E-state index in [2.05, 4.69) is 9.88 Å². The summed E-state index contributed by atoms with van der Waals surface area (Å²) in [7, 11) is 2.00. The summed E-state index contributed by atoms with van der Waals surface area (Å²) in [5.74, 6) is 0.348. The van der Waals surface area contributed by atoms with Gasteiger partial charge in [-0.1, -0.05) is 18.2 Å². The highest BCUT2D eigenvalue weighted by Crippen LogP contribution is 2.12. The van der Waals surface area contributed by atoms with Crippen LogP contribution in [0.25, 0.3) is 0 Å². The molecule has 2 N–H and O–H groups in total. The third kappa shape index (κ3) is 3.28. The third-order valence-electron chi connectivity index (χ3n) is 2.73. The molecule has 2 rings (SSSR count). The second kappa shape index (κ2) is 5.60. The molecule has 0 fully saturated rings. The molecule has 1 aromatic carbocycles. The van der Waals surface area contributed by atoms with E-state index in [1.807, 2.05) is 19.2 Å². The smallest absolute Gasteiger partial charge is 0.127 e. The quantitative estimate of drug-likeness (QED) is 0.899. The maximum absolute atomic E-state index is 12.8. The van der Waals surface area contributed by atoms with Crippen LogP contribution in [0.15, 0.2) is 42.6 Å². The van der Waals surface area contributed by atoms with E-state index in [9.17, 15) is 4.39 Å². The Hall–Kier alpha value is -1.94. The zero-order chi connectivity index (χ0) is 13.0. The number of hydrogen-bond donors (Lipinski definition) is 1. The molecule has 0 saturated carbocycles. The molecule has 0 aliphatic carbocycles. The Bertz CT molecular complexity index is 511. The van der Waals surface area contributed by atoms with Crippen molar-refractivity contribution < 1.29 is 4.39 Å². The van der Waals surface area contributed by atoms with Gasteiger partial charge in [0, 0.05) is 24.8 Å². The van der Waals surface area contributed by atoms with Crippen molar-refractivity contribution in [2.45, 2.75) is 13.1 Å². The summed E-state index contributed by atoms with van der Waals surface area (Å²) in [4.78, 5) is 6.16. The molecule has 94 valence electrons. The van der Waals surface area contributed by atoms with Crippen molar-refractivity contribution in [2.75, 3.05) is 12.8 Å². The number of nitrogen functional groups attached to an aromatic ring is 1. The van der Waals surface area contributed by atoms with Gasteiger partial charge in [0.1, 0.15) is 11.6 Å². The largest absolute Gasteiger partial charge is 0.383 e. The Balaban J connectivity index is 1.99. The Morgan fingerprint density at radius 3 is 2.56 bits per heavy atom. The van der Waals surface area contributed by atoms with Gasteiger partial charge in [-0.15, -0.1) is 0 Å². The summed E-state index contributed by atoms with van der Waals surface area (Å²) < 4.78 is 12.8. The SMILES string of the molecule is CN(Cc1ccc(F)cc1)Cc1cccnc1N. The number of anilines is 1. The summed E-state index contributed by atoms with van der Waals surface area (Å²) in [6.07, 6.45) is 1.68. The lowest BCUT2D eigenvalue weighted by molar-refractivity contribution is 0.319. The van der Waals surface area contributed by atoms with Crippen LogP contribution >= 0.6 is 0 Å². The van der Waals surface area contributed by atoms with Gasteiger partial charge in [0.25, 0.3) is 0 Å². The van der Waals surface area contributed by atoms with Crippen molar-refractivity contribution in [3.05, 3.63) is 59.5 Å². The number of nitrogens with two attached hydrogens (primary N) is 1. The minimum atomic E-state index is -0.210. The van der Waals surface area contributed by atoms with Crippen molar-refractivity contribution in [1.29, 1.82) is 0 Å². The zero-order valence-electron chi connectivity index (χ0n) is 10.3. The monoisotopic (exact) mass is 245 g/mol. The predicted molar refractivity (Wildman–Crippen MR) is 70.2 cm³/mol. The highest BCUT2D eigenvalue weighted by atomic mass is 19.1. The van der Waals surface area contributed by atoms with Crippen molar-refractivity contribution in [3.8, 4) is 0 Å². The van der Waals surface area contributed by atoms with Gasteiger partial charge in [0.2, 0.25) is 0 Å². The number of hydrogen-bond acceptors (Lipinski definition) is 3. The molecule has 0 bridgehead atoms. The number of halogens is 1. The van der Waals surface area contributed by atoms with Crippen LogP contribution in [-0.4, -0.2) is 16.9 Å². The summed E-state index contributed by atoms with van der Waals surface area (Å²) in [5.41, 5.74) is 7.87. The molecule has 2 aromatic rings. The lowest BCUT2D eigenvalue weighted by Gasteiger charge is -2.17. The number of benzene rings is 1. The van der Waals surface area contributed by atoms with Crippen molar-refractivity contribution in [2.24, 2.45) is 0 Å². The summed E-state index contributed by atoms with van der Waals surface area (Å²) in [5, 5.41) is 0. The summed E-state index contributed by atoms with van der Waals surface area (Å²) in [6.45, 7) is 1.46. The second-order valence-electron chi connectivity index (χ2n) is 4.35. The molecular weight excluding hydrogens is 229 g/mol. The topological polar surface area (TPSA) is 42.2 Å². The van der Waals surface area contributed by atoms with Crippen LogP contribution < -0.4 is 5.73 Å². The number of pyridine rings is 1. The highest BCUT2D eigenvalue weighted by Gasteiger charge is 2.05. The van der Waals surface area contributed by atoms with E-state index < -0.39 is 0 Å². The third-order valence-corrected chi connectivity index (χ3v) is 2.73. The first-order valence-electron chi connectivity index (χ1n) is 5.77. The fourth-order valence-electron chi connectivity index (χ4n) is 1.83. The first kappa shape index (κ1) is 12.5. The molecule has 0 atom stereocenters. The van der Waals surface area contributed by atoms with Crippen LogP contribution in [-0.2, 0) is 13.1 Å². The summed E-state index contributed by atoms with van der Waals surface area (Å²) in [6, 6.07) is 10.4. The minimum absolute atomic E-state index is 0.210. The molecule has 0 unspecified atom stereocenters. The fourth-order valence-corrected chi connectivity index (χ4v) is 1.83. The lowest BCUT2D eigenvalue weighted by atomic mass is 10.2. The average Bonchev–Trinajstić information content (AvgIpc) is 2.35. The minimum Gasteiger partial charge on any atom is -0.383 e.